The number of hydrogen-bond acceptors (Lipinski definition) is 3. The average Bonchev–Trinajstić information content (AvgIpc) is 2.55. The summed E-state index contributed by atoms with van der Waals surface area (Å²) >= 11 is 0. The van der Waals surface area contributed by atoms with Crippen LogP contribution in [-0.2, 0) is 11.8 Å². The highest BCUT2D eigenvalue weighted by atomic mass is 16.5. The third kappa shape index (κ3) is 3.19. The van der Waals surface area contributed by atoms with E-state index in [-0.39, 0.29) is 6.61 Å². The van der Waals surface area contributed by atoms with Crippen molar-refractivity contribution in [3.63, 3.8) is 0 Å². The molecule has 2 rings (SSSR count). The van der Waals surface area contributed by atoms with Gasteiger partial charge in [-0.1, -0.05) is 43.3 Å². The molecule has 0 aliphatic rings. The molecule has 3 heteroatoms. The fraction of sp³-hybridized carbons (Fsp3) is 0.333. The van der Waals surface area contributed by atoms with Gasteiger partial charge < -0.3 is 14.6 Å². The first kappa shape index (κ1) is 15.4. The molecule has 0 heterocycles. The molecule has 0 aliphatic carbocycles. The van der Waals surface area contributed by atoms with Crippen LogP contribution in [0.1, 0.15) is 18.1 Å². The number of aliphatic hydroxyl groups is 1. The molecular weight excluding hydrogens is 264 g/mol. The predicted molar refractivity (Wildman–Crippen MR) is 84.1 cm³/mol. The number of methoxy groups -OCH3 is 2. The van der Waals surface area contributed by atoms with Gasteiger partial charge in [-0.3, -0.25) is 0 Å². The Kier molecular flexibility index (Phi) is 4.86. The van der Waals surface area contributed by atoms with Crippen LogP contribution in [0.2, 0.25) is 0 Å². The van der Waals surface area contributed by atoms with Crippen LogP contribution in [0.25, 0.3) is 0 Å². The van der Waals surface area contributed by atoms with Crippen LogP contribution in [0, 0.1) is 0 Å². The molecule has 112 valence electrons. The van der Waals surface area contributed by atoms with Crippen molar-refractivity contribution in [1.29, 1.82) is 0 Å². The standard InChI is InChI=1S/C18H22O3/c1-18(13-19,15-9-5-7-11-17(15)21-3)12-14-8-4-6-10-16(14)20-2/h4-11,19H,12-13H2,1-3H3. The Morgan fingerprint density at radius 3 is 2.10 bits per heavy atom. The number of rotatable bonds is 6. The fourth-order valence-corrected chi connectivity index (χ4v) is 2.65. The minimum Gasteiger partial charge on any atom is -0.496 e. The molecule has 0 aromatic heterocycles. The molecule has 0 spiro atoms. The van der Waals surface area contributed by atoms with Crippen LogP contribution in [0.15, 0.2) is 48.5 Å². The second-order valence-corrected chi connectivity index (χ2v) is 5.41. The molecule has 21 heavy (non-hydrogen) atoms. The second kappa shape index (κ2) is 6.64. The Hall–Kier alpha value is -2.00. The van der Waals surface area contributed by atoms with Gasteiger partial charge in [0.15, 0.2) is 0 Å². The van der Waals surface area contributed by atoms with Crippen molar-refractivity contribution in [3.05, 3.63) is 59.7 Å². The van der Waals surface area contributed by atoms with Crippen LogP contribution >= 0.6 is 0 Å². The van der Waals surface area contributed by atoms with E-state index in [0.29, 0.717) is 6.42 Å². The van der Waals surface area contributed by atoms with Gasteiger partial charge in [0.25, 0.3) is 0 Å². The molecule has 3 nitrogen and oxygen atoms in total. The maximum Gasteiger partial charge on any atom is 0.122 e. The van der Waals surface area contributed by atoms with E-state index < -0.39 is 5.41 Å². The zero-order valence-electron chi connectivity index (χ0n) is 12.8. The summed E-state index contributed by atoms with van der Waals surface area (Å²) in [5.74, 6) is 1.64. The number of aliphatic hydroxyl groups excluding tert-OH is 1. The van der Waals surface area contributed by atoms with E-state index >= 15 is 0 Å². The third-order valence-electron chi connectivity index (χ3n) is 3.88. The maximum atomic E-state index is 9.99. The maximum absolute atomic E-state index is 9.99. The molecule has 1 unspecified atom stereocenters. The highest BCUT2D eigenvalue weighted by Crippen LogP contribution is 2.36. The smallest absolute Gasteiger partial charge is 0.122 e. The molecular formula is C18H22O3. The van der Waals surface area contributed by atoms with Gasteiger partial charge >= 0.3 is 0 Å². The summed E-state index contributed by atoms with van der Waals surface area (Å²) < 4.78 is 10.9. The molecule has 1 N–H and O–H groups in total. The summed E-state index contributed by atoms with van der Waals surface area (Å²) in [4.78, 5) is 0. The first-order valence-corrected chi connectivity index (χ1v) is 7.01. The molecule has 0 aliphatic heterocycles. The lowest BCUT2D eigenvalue weighted by molar-refractivity contribution is 0.200. The van der Waals surface area contributed by atoms with E-state index in [2.05, 4.69) is 0 Å². The first-order valence-electron chi connectivity index (χ1n) is 7.01. The highest BCUT2D eigenvalue weighted by Gasteiger charge is 2.30. The van der Waals surface area contributed by atoms with Gasteiger partial charge in [-0.15, -0.1) is 0 Å². The molecule has 1 atom stereocenters. The zero-order valence-corrected chi connectivity index (χ0v) is 12.8. The van der Waals surface area contributed by atoms with Crippen molar-refractivity contribution in [3.8, 4) is 11.5 Å². The predicted octanol–water partition coefficient (Wildman–Crippen LogP) is 3.20. The lowest BCUT2D eigenvalue weighted by Gasteiger charge is -2.30. The van der Waals surface area contributed by atoms with E-state index in [1.54, 1.807) is 14.2 Å². The van der Waals surface area contributed by atoms with Crippen molar-refractivity contribution in [2.45, 2.75) is 18.8 Å². The molecule has 0 saturated carbocycles. The van der Waals surface area contributed by atoms with Gasteiger partial charge in [0.2, 0.25) is 0 Å². The van der Waals surface area contributed by atoms with Crippen LogP contribution in [-0.4, -0.2) is 25.9 Å². The van der Waals surface area contributed by atoms with Gasteiger partial charge in [-0.2, -0.15) is 0 Å². The van der Waals surface area contributed by atoms with Crippen LogP contribution in [0.5, 0.6) is 11.5 Å². The highest BCUT2D eigenvalue weighted by molar-refractivity contribution is 5.43. The molecule has 2 aromatic rings. The molecule has 0 amide bonds. The Labute approximate surface area is 126 Å². The molecule has 0 radical (unpaired) electrons. The number of hydrogen-bond donors (Lipinski definition) is 1. The van der Waals surface area contributed by atoms with Crippen molar-refractivity contribution in [2.75, 3.05) is 20.8 Å². The summed E-state index contributed by atoms with van der Waals surface area (Å²) in [5.41, 5.74) is 1.64. The normalized spacial score (nSPS) is 13.5. The van der Waals surface area contributed by atoms with E-state index in [0.717, 1.165) is 22.6 Å². The summed E-state index contributed by atoms with van der Waals surface area (Å²) in [7, 11) is 3.32. The third-order valence-corrected chi connectivity index (χ3v) is 3.88. The van der Waals surface area contributed by atoms with Crippen molar-refractivity contribution < 1.29 is 14.6 Å². The average molecular weight is 286 g/mol. The Balaban J connectivity index is 2.42. The molecule has 0 saturated heterocycles. The van der Waals surface area contributed by atoms with Crippen LogP contribution < -0.4 is 9.47 Å². The first-order chi connectivity index (χ1) is 10.1. The minimum atomic E-state index is -0.429. The van der Waals surface area contributed by atoms with Gasteiger partial charge in [-0.05, 0) is 24.1 Å². The van der Waals surface area contributed by atoms with E-state index in [4.69, 9.17) is 9.47 Å². The van der Waals surface area contributed by atoms with Gasteiger partial charge in [0.05, 0.1) is 20.8 Å². The fourth-order valence-electron chi connectivity index (χ4n) is 2.65. The number of ether oxygens (including phenoxy) is 2. The zero-order chi connectivity index (χ0) is 15.3. The van der Waals surface area contributed by atoms with Gasteiger partial charge in [0.1, 0.15) is 11.5 Å². The van der Waals surface area contributed by atoms with Crippen molar-refractivity contribution >= 4 is 0 Å². The molecule has 0 fully saturated rings. The second-order valence-electron chi connectivity index (χ2n) is 5.41. The topological polar surface area (TPSA) is 38.7 Å². The Morgan fingerprint density at radius 2 is 1.48 bits per heavy atom. The summed E-state index contributed by atoms with van der Waals surface area (Å²) in [5, 5.41) is 9.99. The minimum absolute atomic E-state index is 0.0332. The monoisotopic (exact) mass is 286 g/mol. The summed E-state index contributed by atoms with van der Waals surface area (Å²) in [6.07, 6.45) is 0.674. The molecule has 2 aromatic carbocycles. The van der Waals surface area contributed by atoms with Crippen LogP contribution in [0.3, 0.4) is 0 Å². The van der Waals surface area contributed by atoms with Crippen molar-refractivity contribution in [2.24, 2.45) is 0 Å². The lowest BCUT2D eigenvalue weighted by atomic mass is 9.77. The van der Waals surface area contributed by atoms with Gasteiger partial charge in [0, 0.05) is 11.0 Å². The van der Waals surface area contributed by atoms with Crippen molar-refractivity contribution in [1.82, 2.24) is 0 Å². The number of para-hydroxylation sites is 2. The SMILES string of the molecule is COc1ccccc1CC(C)(CO)c1ccccc1OC. The number of benzene rings is 2. The van der Waals surface area contributed by atoms with E-state index in [1.807, 2.05) is 55.5 Å². The quantitative estimate of drug-likeness (QED) is 0.886. The summed E-state index contributed by atoms with van der Waals surface area (Å²) in [6, 6.07) is 15.7. The Morgan fingerprint density at radius 1 is 0.905 bits per heavy atom. The van der Waals surface area contributed by atoms with E-state index in [1.165, 1.54) is 0 Å². The Bertz CT molecular complexity index is 595. The summed E-state index contributed by atoms with van der Waals surface area (Å²) in [6.45, 7) is 2.07. The van der Waals surface area contributed by atoms with Crippen LogP contribution in [0.4, 0.5) is 0 Å². The van der Waals surface area contributed by atoms with E-state index in [9.17, 15) is 5.11 Å². The van der Waals surface area contributed by atoms with Gasteiger partial charge in [-0.25, -0.2) is 0 Å². The molecule has 0 bridgehead atoms. The lowest BCUT2D eigenvalue weighted by Crippen LogP contribution is -2.30. The largest absolute Gasteiger partial charge is 0.496 e.